The molecule has 1 aliphatic rings. The average molecular weight is 332 g/mol. The Labute approximate surface area is 119 Å². The molecule has 0 aliphatic carbocycles. The molecule has 18 heavy (non-hydrogen) atoms. The highest BCUT2D eigenvalue weighted by molar-refractivity contribution is 9.10. The lowest BCUT2D eigenvalue weighted by Gasteiger charge is -2.21. The van der Waals surface area contributed by atoms with Crippen molar-refractivity contribution in [2.45, 2.75) is 17.4 Å². The van der Waals surface area contributed by atoms with Gasteiger partial charge in [-0.2, -0.15) is 0 Å². The molecule has 0 aromatic heterocycles. The molecule has 100 valence electrons. The molecule has 1 aromatic carbocycles. The topological polar surface area (TPSA) is 38.3 Å². The van der Waals surface area contributed by atoms with Gasteiger partial charge in [-0.1, -0.05) is 12.1 Å². The molecule has 1 saturated heterocycles. The molecule has 1 N–H and O–H groups in total. The lowest BCUT2D eigenvalue weighted by molar-refractivity contribution is 0.179. The smallest absolute Gasteiger partial charge is 0.0556 e. The Morgan fingerprint density at radius 3 is 2.94 bits per heavy atom. The summed E-state index contributed by atoms with van der Waals surface area (Å²) < 4.78 is 18.7. The van der Waals surface area contributed by atoms with Crippen molar-refractivity contribution in [1.82, 2.24) is 5.32 Å². The van der Waals surface area contributed by atoms with Crippen molar-refractivity contribution < 1.29 is 8.95 Å². The predicted molar refractivity (Wildman–Crippen MR) is 77.2 cm³/mol. The zero-order valence-electron chi connectivity index (χ0n) is 10.4. The Morgan fingerprint density at radius 2 is 2.33 bits per heavy atom. The summed E-state index contributed by atoms with van der Waals surface area (Å²) in [5, 5.41) is 3.28. The van der Waals surface area contributed by atoms with E-state index in [4.69, 9.17) is 4.74 Å². The first-order chi connectivity index (χ1) is 8.72. The number of hydrogen-bond donors (Lipinski definition) is 1. The molecule has 0 amide bonds. The summed E-state index contributed by atoms with van der Waals surface area (Å²) in [6.45, 7) is 1.60. The number of nitrogens with one attached hydrogen (secondary N) is 1. The first-order valence-corrected chi connectivity index (χ1v) is 8.21. The fraction of sp³-hybridized carbons (Fsp3) is 0.538. The van der Waals surface area contributed by atoms with E-state index in [1.807, 2.05) is 31.3 Å². The molecule has 1 heterocycles. The van der Waals surface area contributed by atoms with Crippen molar-refractivity contribution in [3.8, 4) is 0 Å². The second kappa shape index (κ2) is 6.80. The highest BCUT2D eigenvalue weighted by Gasteiger charge is 2.26. The monoisotopic (exact) mass is 331 g/mol. The number of ether oxygens (including phenoxy) is 1. The minimum absolute atomic E-state index is 0.250. The van der Waals surface area contributed by atoms with Crippen molar-refractivity contribution in [2.75, 3.05) is 26.0 Å². The molecule has 3 atom stereocenters. The molecule has 0 radical (unpaired) electrons. The van der Waals surface area contributed by atoms with Gasteiger partial charge in [0.15, 0.2) is 0 Å². The zero-order valence-corrected chi connectivity index (χ0v) is 12.8. The normalized spacial score (nSPS) is 22.9. The Balaban J connectivity index is 2.03. The minimum atomic E-state index is -0.986. The van der Waals surface area contributed by atoms with Crippen LogP contribution in [0.5, 0.6) is 0 Å². The fourth-order valence-corrected chi connectivity index (χ4v) is 4.49. The summed E-state index contributed by atoms with van der Waals surface area (Å²) in [4.78, 5) is 0.872. The van der Waals surface area contributed by atoms with Crippen molar-refractivity contribution >= 4 is 26.7 Å². The van der Waals surface area contributed by atoms with Gasteiger partial charge in [0.25, 0.3) is 0 Å². The summed E-state index contributed by atoms with van der Waals surface area (Å²) in [5.74, 6) is 1.11. The Bertz CT molecular complexity index is 421. The lowest BCUT2D eigenvalue weighted by atomic mass is 10.0. The second-order valence-corrected chi connectivity index (χ2v) is 6.78. The van der Waals surface area contributed by atoms with E-state index in [1.165, 1.54) is 0 Å². The summed E-state index contributed by atoms with van der Waals surface area (Å²) in [7, 11) is 0.945. The number of benzene rings is 1. The van der Waals surface area contributed by atoms with Gasteiger partial charge in [0.2, 0.25) is 0 Å². The van der Waals surface area contributed by atoms with E-state index in [0.29, 0.717) is 11.7 Å². The quantitative estimate of drug-likeness (QED) is 0.898. The first-order valence-electron chi connectivity index (χ1n) is 6.10. The molecule has 1 aliphatic heterocycles. The molecular formula is C13H18BrNO2S. The largest absolute Gasteiger partial charge is 0.381 e. The lowest BCUT2D eigenvalue weighted by Crippen LogP contribution is -2.38. The van der Waals surface area contributed by atoms with Gasteiger partial charge in [-0.05, 0) is 41.5 Å². The number of rotatable bonds is 5. The van der Waals surface area contributed by atoms with Crippen LogP contribution in [0, 0.1) is 5.92 Å². The predicted octanol–water partition coefficient (Wildman–Crippen LogP) is 2.18. The van der Waals surface area contributed by atoms with Gasteiger partial charge in [-0.3, -0.25) is 4.21 Å². The molecule has 1 aromatic rings. The van der Waals surface area contributed by atoms with E-state index in [-0.39, 0.29) is 6.04 Å². The van der Waals surface area contributed by atoms with E-state index in [0.717, 1.165) is 29.0 Å². The van der Waals surface area contributed by atoms with Gasteiger partial charge in [-0.15, -0.1) is 0 Å². The summed E-state index contributed by atoms with van der Waals surface area (Å²) in [6, 6.07) is 7.95. The van der Waals surface area contributed by atoms with Crippen molar-refractivity contribution in [2.24, 2.45) is 5.92 Å². The maximum absolute atomic E-state index is 12.4. The van der Waals surface area contributed by atoms with Crippen LogP contribution >= 0.6 is 15.9 Å². The molecule has 5 heteroatoms. The molecule has 0 saturated carbocycles. The molecule has 1 fully saturated rings. The highest BCUT2D eigenvalue weighted by Crippen LogP contribution is 2.23. The van der Waals surface area contributed by atoms with E-state index < -0.39 is 10.8 Å². The second-order valence-electron chi connectivity index (χ2n) is 4.46. The fourth-order valence-electron chi connectivity index (χ4n) is 2.21. The van der Waals surface area contributed by atoms with Gasteiger partial charge in [-0.25, -0.2) is 0 Å². The van der Waals surface area contributed by atoms with Crippen molar-refractivity contribution in [3.63, 3.8) is 0 Å². The summed E-state index contributed by atoms with van der Waals surface area (Å²) >= 11 is 3.45. The number of halogens is 1. The summed E-state index contributed by atoms with van der Waals surface area (Å²) in [5.41, 5.74) is 0. The van der Waals surface area contributed by atoms with Crippen LogP contribution in [-0.4, -0.2) is 36.3 Å². The van der Waals surface area contributed by atoms with Crippen LogP contribution in [0.2, 0.25) is 0 Å². The number of hydrogen-bond acceptors (Lipinski definition) is 3. The van der Waals surface area contributed by atoms with Crippen LogP contribution in [0.15, 0.2) is 33.6 Å². The van der Waals surface area contributed by atoms with Gasteiger partial charge in [0.05, 0.1) is 22.3 Å². The van der Waals surface area contributed by atoms with Gasteiger partial charge < -0.3 is 10.1 Å². The van der Waals surface area contributed by atoms with E-state index in [9.17, 15) is 4.21 Å². The molecular weight excluding hydrogens is 314 g/mol. The van der Waals surface area contributed by atoms with Crippen LogP contribution in [0.1, 0.15) is 6.42 Å². The molecule has 3 unspecified atom stereocenters. The average Bonchev–Trinajstić information content (AvgIpc) is 2.90. The van der Waals surface area contributed by atoms with Crippen LogP contribution < -0.4 is 5.32 Å². The Kier molecular flexibility index (Phi) is 5.36. The van der Waals surface area contributed by atoms with Gasteiger partial charge in [0, 0.05) is 28.8 Å². The van der Waals surface area contributed by atoms with Gasteiger partial charge >= 0.3 is 0 Å². The molecule has 3 nitrogen and oxygen atoms in total. The van der Waals surface area contributed by atoms with E-state index >= 15 is 0 Å². The van der Waals surface area contributed by atoms with E-state index in [1.54, 1.807) is 0 Å². The molecule has 0 bridgehead atoms. The Hall–Kier alpha value is -0.230. The van der Waals surface area contributed by atoms with Crippen molar-refractivity contribution in [1.29, 1.82) is 0 Å². The highest BCUT2D eigenvalue weighted by atomic mass is 79.9. The third-order valence-electron chi connectivity index (χ3n) is 3.32. The minimum Gasteiger partial charge on any atom is -0.381 e. The summed E-state index contributed by atoms with van der Waals surface area (Å²) in [6.07, 6.45) is 1.05. The van der Waals surface area contributed by atoms with Crippen LogP contribution in [0.3, 0.4) is 0 Å². The Morgan fingerprint density at radius 1 is 1.56 bits per heavy atom. The third-order valence-corrected chi connectivity index (χ3v) is 5.78. The van der Waals surface area contributed by atoms with Gasteiger partial charge in [0.1, 0.15) is 0 Å². The standard InChI is InChI=1S/C13H18BrNO2S/c1-15-12(10-6-7-17-8-10)9-18(16)13-5-3-2-4-11(13)14/h2-5,10,12,15H,6-9H2,1H3. The van der Waals surface area contributed by atoms with Crippen LogP contribution in [-0.2, 0) is 15.5 Å². The maximum Gasteiger partial charge on any atom is 0.0556 e. The molecule has 2 rings (SSSR count). The van der Waals surface area contributed by atoms with E-state index in [2.05, 4.69) is 21.2 Å². The van der Waals surface area contributed by atoms with Crippen LogP contribution in [0.4, 0.5) is 0 Å². The van der Waals surface area contributed by atoms with Crippen LogP contribution in [0.25, 0.3) is 0 Å². The third kappa shape index (κ3) is 3.41. The molecule has 0 spiro atoms. The zero-order chi connectivity index (χ0) is 13.0. The first kappa shape index (κ1) is 14.2. The van der Waals surface area contributed by atoms with Crippen molar-refractivity contribution in [3.05, 3.63) is 28.7 Å². The SMILES string of the molecule is CNC(CS(=O)c1ccccc1Br)C1CCOC1. The maximum atomic E-state index is 12.4.